The lowest BCUT2D eigenvalue weighted by Gasteiger charge is -2.06. The summed E-state index contributed by atoms with van der Waals surface area (Å²) in [6.07, 6.45) is 0. The van der Waals surface area contributed by atoms with Crippen molar-refractivity contribution in [2.24, 2.45) is 0 Å². The maximum atomic E-state index is 11.3. The van der Waals surface area contributed by atoms with Crippen LogP contribution in [0.4, 0.5) is 5.69 Å². The van der Waals surface area contributed by atoms with Crippen molar-refractivity contribution in [3.63, 3.8) is 0 Å². The van der Waals surface area contributed by atoms with Crippen LogP contribution in [-0.4, -0.2) is 18.1 Å². The number of hydrogen-bond donors (Lipinski definition) is 3. The van der Waals surface area contributed by atoms with Crippen LogP contribution in [0.15, 0.2) is 18.2 Å². The van der Waals surface area contributed by atoms with E-state index >= 15 is 0 Å². The molecule has 13 heavy (non-hydrogen) atoms. The van der Waals surface area contributed by atoms with Crippen molar-refractivity contribution >= 4 is 11.6 Å². The van der Waals surface area contributed by atoms with Crippen molar-refractivity contribution < 1.29 is 9.90 Å². The number of carbonyl (C=O) groups is 1. The lowest BCUT2D eigenvalue weighted by atomic mass is 10.1. The van der Waals surface area contributed by atoms with Gasteiger partial charge in [0.05, 0.1) is 6.61 Å². The molecule has 4 N–H and O–H groups in total. The number of nitrogens with two attached hydrogens (primary N) is 1. The second-order valence-corrected chi connectivity index (χ2v) is 2.65. The van der Waals surface area contributed by atoms with Crippen LogP contribution < -0.4 is 11.1 Å². The Bertz CT molecular complexity index is 323. The molecule has 1 aromatic carbocycles. The monoisotopic (exact) mass is 180 g/mol. The van der Waals surface area contributed by atoms with E-state index in [0.29, 0.717) is 16.8 Å². The van der Waals surface area contributed by atoms with Crippen molar-refractivity contribution in [3.8, 4) is 0 Å². The Kier molecular flexibility index (Phi) is 2.87. The summed E-state index contributed by atoms with van der Waals surface area (Å²) in [7, 11) is 1.53. The number of carbonyl (C=O) groups excluding carboxylic acids is 1. The van der Waals surface area contributed by atoms with Crippen LogP contribution >= 0.6 is 0 Å². The van der Waals surface area contributed by atoms with Gasteiger partial charge in [-0.25, -0.2) is 0 Å². The number of amides is 1. The van der Waals surface area contributed by atoms with Crippen LogP contribution in [0.5, 0.6) is 0 Å². The molecule has 0 atom stereocenters. The fourth-order valence-corrected chi connectivity index (χ4v) is 1.08. The molecule has 0 saturated heterocycles. The molecule has 0 bridgehead atoms. The first-order valence-electron chi connectivity index (χ1n) is 3.90. The van der Waals surface area contributed by atoms with Gasteiger partial charge in [0, 0.05) is 18.3 Å². The zero-order valence-electron chi connectivity index (χ0n) is 7.37. The predicted octanol–water partition coefficient (Wildman–Crippen LogP) is 0.121. The maximum Gasteiger partial charge on any atom is 0.251 e. The van der Waals surface area contributed by atoms with Crippen LogP contribution in [0.2, 0.25) is 0 Å². The third-order valence-corrected chi connectivity index (χ3v) is 1.78. The summed E-state index contributed by atoms with van der Waals surface area (Å²) in [6, 6.07) is 4.84. The fraction of sp³-hybridized carbons (Fsp3) is 0.222. The minimum absolute atomic E-state index is 0.164. The minimum atomic E-state index is -0.239. The molecule has 0 aliphatic rings. The average Bonchev–Trinajstić information content (AvgIpc) is 2.16. The Hall–Kier alpha value is -1.55. The topological polar surface area (TPSA) is 75.4 Å². The summed E-state index contributed by atoms with van der Waals surface area (Å²) in [4.78, 5) is 11.3. The van der Waals surface area contributed by atoms with E-state index in [-0.39, 0.29) is 12.5 Å². The molecule has 4 heteroatoms. The SMILES string of the molecule is CNC(=O)c1cc(N)ccc1CO. The van der Waals surface area contributed by atoms with Gasteiger partial charge in [-0.1, -0.05) is 6.07 Å². The number of anilines is 1. The smallest absolute Gasteiger partial charge is 0.251 e. The average molecular weight is 180 g/mol. The standard InChI is InChI=1S/C9H12N2O2/c1-11-9(13)8-4-7(10)3-2-6(8)5-12/h2-4,12H,5,10H2,1H3,(H,11,13). The maximum absolute atomic E-state index is 11.3. The van der Waals surface area contributed by atoms with Crippen LogP contribution in [0.1, 0.15) is 15.9 Å². The first kappa shape index (κ1) is 9.54. The Morgan fingerprint density at radius 1 is 1.62 bits per heavy atom. The zero-order chi connectivity index (χ0) is 9.84. The van der Waals surface area contributed by atoms with Gasteiger partial charge in [0.15, 0.2) is 0 Å². The minimum Gasteiger partial charge on any atom is -0.399 e. The van der Waals surface area contributed by atoms with Gasteiger partial charge in [0.1, 0.15) is 0 Å². The second kappa shape index (κ2) is 3.91. The van der Waals surface area contributed by atoms with E-state index in [4.69, 9.17) is 10.8 Å². The summed E-state index contributed by atoms with van der Waals surface area (Å²) in [6.45, 7) is -0.164. The molecular weight excluding hydrogens is 168 g/mol. The summed E-state index contributed by atoms with van der Waals surface area (Å²) in [5, 5.41) is 11.4. The molecule has 0 spiro atoms. The van der Waals surface area contributed by atoms with Crippen molar-refractivity contribution in [2.75, 3.05) is 12.8 Å². The van der Waals surface area contributed by atoms with Crippen molar-refractivity contribution in [2.45, 2.75) is 6.61 Å². The Morgan fingerprint density at radius 2 is 2.31 bits per heavy atom. The van der Waals surface area contributed by atoms with E-state index in [1.54, 1.807) is 18.2 Å². The Morgan fingerprint density at radius 3 is 2.85 bits per heavy atom. The Labute approximate surface area is 76.4 Å². The molecule has 0 heterocycles. The second-order valence-electron chi connectivity index (χ2n) is 2.65. The quantitative estimate of drug-likeness (QED) is 0.566. The van der Waals surface area contributed by atoms with Crippen molar-refractivity contribution in [3.05, 3.63) is 29.3 Å². The highest BCUT2D eigenvalue weighted by Crippen LogP contribution is 2.13. The molecule has 1 rings (SSSR count). The number of aliphatic hydroxyl groups excluding tert-OH is 1. The summed E-state index contributed by atoms with van der Waals surface area (Å²) < 4.78 is 0. The highest BCUT2D eigenvalue weighted by atomic mass is 16.3. The van der Waals surface area contributed by atoms with Gasteiger partial charge < -0.3 is 16.2 Å². The van der Waals surface area contributed by atoms with Crippen LogP contribution in [0.25, 0.3) is 0 Å². The largest absolute Gasteiger partial charge is 0.399 e. The molecule has 1 aromatic rings. The number of aliphatic hydroxyl groups is 1. The molecule has 0 aromatic heterocycles. The third kappa shape index (κ3) is 1.97. The number of hydrogen-bond acceptors (Lipinski definition) is 3. The zero-order valence-corrected chi connectivity index (χ0v) is 7.37. The number of nitrogens with one attached hydrogen (secondary N) is 1. The molecule has 70 valence electrons. The first-order valence-corrected chi connectivity index (χ1v) is 3.90. The number of benzene rings is 1. The van der Waals surface area contributed by atoms with Crippen LogP contribution in [0.3, 0.4) is 0 Å². The lowest BCUT2D eigenvalue weighted by molar-refractivity contribution is 0.0960. The van der Waals surface area contributed by atoms with Gasteiger partial charge in [-0.15, -0.1) is 0 Å². The van der Waals surface area contributed by atoms with E-state index in [1.807, 2.05) is 0 Å². The van der Waals surface area contributed by atoms with E-state index in [0.717, 1.165) is 0 Å². The van der Waals surface area contributed by atoms with Gasteiger partial charge >= 0.3 is 0 Å². The highest BCUT2D eigenvalue weighted by molar-refractivity contribution is 5.96. The molecular formula is C9H12N2O2. The summed E-state index contributed by atoms with van der Waals surface area (Å²) in [5.74, 6) is -0.239. The molecule has 1 amide bonds. The van der Waals surface area contributed by atoms with Gasteiger partial charge in [-0.05, 0) is 17.7 Å². The van der Waals surface area contributed by atoms with E-state index in [2.05, 4.69) is 5.32 Å². The fourth-order valence-electron chi connectivity index (χ4n) is 1.08. The van der Waals surface area contributed by atoms with Crippen LogP contribution in [0, 0.1) is 0 Å². The van der Waals surface area contributed by atoms with E-state index in [1.165, 1.54) is 7.05 Å². The number of rotatable bonds is 2. The molecule has 0 saturated carbocycles. The van der Waals surface area contributed by atoms with Gasteiger partial charge in [-0.3, -0.25) is 4.79 Å². The van der Waals surface area contributed by atoms with Gasteiger partial charge in [-0.2, -0.15) is 0 Å². The molecule has 0 aliphatic carbocycles. The summed E-state index contributed by atoms with van der Waals surface area (Å²) in [5.41, 5.74) is 7.02. The number of nitrogen functional groups attached to an aromatic ring is 1. The lowest BCUT2D eigenvalue weighted by Crippen LogP contribution is -2.19. The van der Waals surface area contributed by atoms with Crippen molar-refractivity contribution in [1.82, 2.24) is 5.32 Å². The molecule has 0 aliphatic heterocycles. The highest BCUT2D eigenvalue weighted by Gasteiger charge is 2.08. The van der Waals surface area contributed by atoms with E-state index < -0.39 is 0 Å². The van der Waals surface area contributed by atoms with Crippen LogP contribution in [-0.2, 0) is 6.61 Å². The summed E-state index contributed by atoms with van der Waals surface area (Å²) >= 11 is 0. The first-order chi connectivity index (χ1) is 6.19. The van der Waals surface area contributed by atoms with Gasteiger partial charge in [0.25, 0.3) is 5.91 Å². The Balaban J connectivity index is 3.15. The van der Waals surface area contributed by atoms with Gasteiger partial charge in [0.2, 0.25) is 0 Å². The third-order valence-electron chi connectivity index (χ3n) is 1.78. The molecule has 4 nitrogen and oxygen atoms in total. The van der Waals surface area contributed by atoms with Crippen molar-refractivity contribution in [1.29, 1.82) is 0 Å². The molecule has 0 unspecified atom stereocenters. The van der Waals surface area contributed by atoms with E-state index in [9.17, 15) is 4.79 Å². The normalized spacial score (nSPS) is 9.69. The predicted molar refractivity (Wildman–Crippen MR) is 50.2 cm³/mol. The molecule has 0 radical (unpaired) electrons. The molecule has 0 fully saturated rings.